The topological polar surface area (TPSA) is 59.3 Å². The van der Waals surface area contributed by atoms with E-state index in [0.29, 0.717) is 12.8 Å². The molecule has 1 N–H and O–H groups in total. The SMILES string of the molecule is CC(C)(C)C(=O)CNC(=O)CCc1ccco1. The molecule has 0 aliphatic rings. The zero-order valence-corrected chi connectivity index (χ0v) is 10.6. The van der Waals surface area contributed by atoms with Crippen molar-refractivity contribution in [3.8, 4) is 0 Å². The quantitative estimate of drug-likeness (QED) is 0.851. The number of aryl methyl sites for hydroxylation is 1. The summed E-state index contributed by atoms with van der Waals surface area (Å²) in [5, 5.41) is 2.62. The second-order valence-electron chi connectivity index (χ2n) is 5.03. The number of amides is 1. The van der Waals surface area contributed by atoms with Crippen LogP contribution in [0, 0.1) is 5.41 Å². The molecule has 1 heterocycles. The Bertz CT molecular complexity index is 374. The molecule has 0 saturated heterocycles. The molecule has 1 aromatic rings. The standard InChI is InChI=1S/C13H19NO3/c1-13(2,3)11(15)9-14-12(16)7-6-10-5-4-8-17-10/h4-5,8H,6-7,9H2,1-3H3,(H,14,16). The van der Waals surface area contributed by atoms with Crippen LogP contribution < -0.4 is 5.32 Å². The summed E-state index contributed by atoms with van der Waals surface area (Å²) in [6, 6.07) is 3.62. The zero-order chi connectivity index (χ0) is 12.9. The molecule has 17 heavy (non-hydrogen) atoms. The van der Waals surface area contributed by atoms with Gasteiger partial charge in [-0.3, -0.25) is 9.59 Å². The molecule has 0 fully saturated rings. The Hall–Kier alpha value is -1.58. The van der Waals surface area contributed by atoms with E-state index in [1.54, 1.807) is 12.3 Å². The van der Waals surface area contributed by atoms with Crippen LogP contribution >= 0.6 is 0 Å². The third-order valence-electron chi connectivity index (χ3n) is 2.46. The van der Waals surface area contributed by atoms with Crippen LogP contribution in [0.3, 0.4) is 0 Å². The number of Topliss-reactive ketones (excluding diaryl/α,β-unsaturated/α-hetero) is 1. The lowest BCUT2D eigenvalue weighted by Crippen LogP contribution is -2.35. The molecule has 0 radical (unpaired) electrons. The lowest BCUT2D eigenvalue weighted by atomic mass is 9.91. The summed E-state index contributed by atoms with van der Waals surface area (Å²) >= 11 is 0. The van der Waals surface area contributed by atoms with Gasteiger partial charge in [-0.15, -0.1) is 0 Å². The Balaban J connectivity index is 2.24. The zero-order valence-electron chi connectivity index (χ0n) is 10.6. The van der Waals surface area contributed by atoms with E-state index in [4.69, 9.17) is 4.42 Å². The predicted octanol–water partition coefficient (Wildman–Crippen LogP) is 1.94. The Kier molecular flexibility index (Phi) is 4.49. The first-order chi connectivity index (χ1) is 7.89. The van der Waals surface area contributed by atoms with Gasteiger partial charge in [-0.2, -0.15) is 0 Å². The molecule has 0 aliphatic heterocycles. The molecule has 0 aliphatic carbocycles. The summed E-state index contributed by atoms with van der Waals surface area (Å²) in [6.45, 7) is 5.61. The third kappa shape index (κ3) is 4.85. The van der Waals surface area contributed by atoms with Crippen molar-refractivity contribution in [2.75, 3.05) is 6.54 Å². The number of carbonyl (C=O) groups is 2. The smallest absolute Gasteiger partial charge is 0.220 e. The number of rotatable bonds is 5. The molecular formula is C13H19NO3. The molecule has 0 atom stereocenters. The first-order valence-corrected chi connectivity index (χ1v) is 5.72. The van der Waals surface area contributed by atoms with Crippen molar-refractivity contribution in [2.24, 2.45) is 5.41 Å². The van der Waals surface area contributed by atoms with E-state index in [9.17, 15) is 9.59 Å². The lowest BCUT2D eigenvalue weighted by Gasteiger charge is -2.16. The van der Waals surface area contributed by atoms with E-state index >= 15 is 0 Å². The second kappa shape index (κ2) is 5.66. The van der Waals surface area contributed by atoms with Crippen molar-refractivity contribution < 1.29 is 14.0 Å². The van der Waals surface area contributed by atoms with Gasteiger partial charge >= 0.3 is 0 Å². The number of ketones is 1. The summed E-state index contributed by atoms with van der Waals surface area (Å²) in [7, 11) is 0. The monoisotopic (exact) mass is 237 g/mol. The average molecular weight is 237 g/mol. The molecule has 1 rings (SSSR count). The fourth-order valence-corrected chi connectivity index (χ4v) is 1.22. The van der Waals surface area contributed by atoms with E-state index in [1.807, 2.05) is 26.8 Å². The molecule has 0 unspecified atom stereocenters. The second-order valence-corrected chi connectivity index (χ2v) is 5.03. The molecule has 4 heteroatoms. The van der Waals surface area contributed by atoms with Crippen LogP contribution in [0.5, 0.6) is 0 Å². The van der Waals surface area contributed by atoms with Crippen molar-refractivity contribution in [1.82, 2.24) is 5.32 Å². The van der Waals surface area contributed by atoms with Gasteiger partial charge in [0.15, 0.2) is 5.78 Å². The normalized spacial score (nSPS) is 11.2. The van der Waals surface area contributed by atoms with Crippen LogP contribution in [0.25, 0.3) is 0 Å². The Morgan fingerprint density at radius 2 is 2.06 bits per heavy atom. The summed E-state index contributed by atoms with van der Waals surface area (Å²) in [4.78, 5) is 23.0. The molecule has 0 saturated carbocycles. The van der Waals surface area contributed by atoms with Gasteiger partial charge in [0.25, 0.3) is 0 Å². The van der Waals surface area contributed by atoms with Crippen LogP contribution in [0.1, 0.15) is 33.0 Å². The van der Waals surface area contributed by atoms with Crippen LogP contribution in [0.15, 0.2) is 22.8 Å². The third-order valence-corrected chi connectivity index (χ3v) is 2.46. The number of furan rings is 1. The minimum absolute atomic E-state index is 0.0313. The Morgan fingerprint density at radius 1 is 1.35 bits per heavy atom. The highest BCUT2D eigenvalue weighted by Gasteiger charge is 2.21. The van der Waals surface area contributed by atoms with Crippen LogP contribution in [-0.4, -0.2) is 18.2 Å². The molecular weight excluding hydrogens is 218 g/mol. The molecule has 0 bridgehead atoms. The first kappa shape index (κ1) is 13.5. The lowest BCUT2D eigenvalue weighted by molar-refractivity contribution is -0.129. The highest BCUT2D eigenvalue weighted by atomic mass is 16.3. The van der Waals surface area contributed by atoms with E-state index in [-0.39, 0.29) is 18.2 Å². The summed E-state index contributed by atoms with van der Waals surface area (Å²) in [6.07, 6.45) is 2.48. The molecule has 0 aromatic carbocycles. The van der Waals surface area contributed by atoms with Gasteiger partial charge in [0.1, 0.15) is 5.76 Å². The van der Waals surface area contributed by atoms with Gasteiger partial charge in [0.2, 0.25) is 5.91 Å². The van der Waals surface area contributed by atoms with Crippen LogP contribution in [0.2, 0.25) is 0 Å². The maximum absolute atomic E-state index is 11.6. The van der Waals surface area contributed by atoms with Crippen molar-refractivity contribution in [2.45, 2.75) is 33.6 Å². The fraction of sp³-hybridized carbons (Fsp3) is 0.538. The van der Waals surface area contributed by atoms with E-state index in [0.717, 1.165) is 5.76 Å². The highest BCUT2D eigenvalue weighted by molar-refractivity contribution is 5.89. The molecule has 1 amide bonds. The van der Waals surface area contributed by atoms with Gasteiger partial charge in [-0.1, -0.05) is 20.8 Å². The summed E-state index contributed by atoms with van der Waals surface area (Å²) in [5.41, 5.74) is -0.408. The van der Waals surface area contributed by atoms with Gasteiger partial charge < -0.3 is 9.73 Å². The maximum Gasteiger partial charge on any atom is 0.220 e. The number of nitrogens with one attached hydrogen (secondary N) is 1. The van der Waals surface area contributed by atoms with E-state index in [1.165, 1.54) is 0 Å². The van der Waals surface area contributed by atoms with Gasteiger partial charge in [-0.05, 0) is 12.1 Å². The number of hydrogen-bond donors (Lipinski definition) is 1. The van der Waals surface area contributed by atoms with Gasteiger partial charge in [-0.25, -0.2) is 0 Å². The van der Waals surface area contributed by atoms with Gasteiger partial charge in [0, 0.05) is 18.3 Å². The molecule has 4 nitrogen and oxygen atoms in total. The highest BCUT2D eigenvalue weighted by Crippen LogP contribution is 2.13. The predicted molar refractivity (Wildman–Crippen MR) is 64.5 cm³/mol. The van der Waals surface area contributed by atoms with Gasteiger partial charge in [0.05, 0.1) is 12.8 Å². The molecule has 1 aromatic heterocycles. The van der Waals surface area contributed by atoms with Crippen molar-refractivity contribution >= 4 is 11.7 Å². The maximum atomic E-state index is 11.6. The average Bonchev–Trinajstić information content (AvgIpc) is 2.74. The number of carbonyl (C=O) groups excluding carboxylic acids is 2. The Morgan fingerprint density at radius 3 is 2.59 bits per heavy atom. The molecule has 0 spiro atoms. The van der Waals surface area contributed by atoms with Crippen LogP contribution in [-0.2, 0) is 16.0 Å². The largest absolute Gasteiger partial charge is 0.469 e. The first-order valence-electron chi connectivity index (χ1n) is 5.72. The number of hydrogen-bond acceptors (Lipinski definition) is 3. The van der Waals surface area contributed by atoms with E-state index in [2.05, 4.69) is 5.32 Å². The minimum atomic E-state index is -0.408. The van der Waals surface area contributed by atoms with Crippen LogP contribution in [0.4, 0.5) is 0 Å². The summed E-state index contributed by atoms with van der Waals surface area (Å²) in [5.74, 6) is 0.685. The van der Waals surface area contributed by atoms with Crippen molar-refractivity contribution in [1.29, 1.82) is 0 Å². The molecule has 94 valence electrons. The fourth-order valence-electron chi connectivity index (χ4n) is 1.22. The van der Waals surface area contributed by atoms with Crippen molar-refractivity contribution in [3.05, 3.63) is 24.2 Å². The summed E-state index contributed by atoms with van der Waals surface area (Å²) < 4.78 is 5.12. The van der Waals surface area contributed by atoms with Crippen molar-refractivity contribution in [3.63, 3.8) is 0 Å². The van der Waals surface area contributed by atoms with E-state index < -0.39 is 5.41 Å². The Labute approximate surface area is 101 Å². The minimum Gasteiger partial charge on any atom is -0.469 e.